The summed E-state index contributed by atoms with van der Waals surface area (Å²) in [4.78, 5) is 20.0. The minimum absolute atomic E-state index is 0.0252. The van der Waals surface area contributed by atoms with E-state index in [1.165, 1.54) is 19.4 Å². The number of aromatic nitrogens is 2. The van der Waals surface area contributed by atoms with Crippen LogP contribution in [0.4, 0.5) is 0 Å². The van der Waals surface area contributed by atoms with Crippen LogP contribution in [0.2, 0.25) is 5.02 Å². The number of rotatable bonds is 5. The third-order valence-corrected chi connectivity index (χ3v) is 4.07. The first-order valence-corrected chi connectivity index (χ1v) is 8.27. The predicted molar refractivity (Wildman–Crippen MR) is 103 cm³/mol. The molecule has 0 saturated heterocycles. The molecule has 2 N–H and O–H groups in total. The highest BCUT2D eigenvalue weighted by Crippen LogP contribution is 2.35. The summed E-state index contributed by atoms with van der Waals surface area (Å²) in [5.41, 5.74) is 1.62. The van der Waals surface area contributed by atoms with Gasteiger partial charge < -0.3 is 14.9 Å². The van der Waals surface area contributed by atoms with Gasteiger partial charge in [-0.25, -0.2) is 14.8 Å². The first-order valence-electron chi connectivity index (χ1n) is 7.90. The summed E-state index contributed by atoms with van der Waals surface area (Å²) in [6.45, 7) is 0. The zero-order valence-electron chi connectivity index (χ0n) is 14.3. The van der Waals surface area contributed by atoms with E-state index < -0.39 is 5.97 Å². The van der Waals surface area contributed by atoms with E-state index >= 15 is 0 Å². The van der Waals surface area contributed by atoms with Crippen molar-refractivity contribution in [2.75, 3.05) is 7.11 Å². The Bertz CT molecular complexity index is 1020. The number of phenols is 1. The van der Waals surface area contributed by atoms with Crippen LogP contribution in [-0.2, 0) is 0 Å². The zero-order chi connectivity index (χ0) is 19.4. The molecule has 27 heavy (non-hydrogen) atoms. The molecule has 1 aromatic heterocycles. The van der Waals surface area contributed by atoms with Crippen molar-refractivity contribution in [3.63, 3.8) is 0 Å². The van der Waals surface area contributed by atoms with Crippen LogP contribution in [0, 0.1) is 0 Å². The maximum Gasteiger partial charge on any atom is 0.339 e. The number of benzene rings is 2. The van der Waals surface area contributed by atoms with E-state index in [-0.39, 0.29) is 27.8 Å². The van der Waals surface area contributed by atoms with Gasteiger partial charge in [0, 0.05) is 11.8 Å². The van der Waals surface area contributed by atoms with Crippen LogP contribution in [0.3, 0.4) is 0 Å². The normalized spacial score (nSPS) is 10.9. The summed E-state index contributed by atoms with van der Waals surface area (Å²) in [6.07, 6.45) is 4.47. The summed E-state index contributed by atoms with van der Waals surface area (Å²) in [6, 6.07) is 12.4. The second kappa shape index (κ2) is 7.88. The number of carbonyl (C=O) groups is 1. The molecule has 0 aliphatic rings. The van der Waals surface area contributed by atoms with Crippen molar-refractivity contribution in [2.24, 2.45) is 0 Å². The summed E-state index contributed by atoms with van der Waals surface area (Å²) in [5.74, 6) is -0.652. The smallest absolute Gasteiger partial charge is 0.339 e. The minimum atomic E-state index is -1.13. The summed E-state index contributed by atoms with van der Waals surface area (Å²) in [7, 11) is 1.41. The van der Waals surface area contributed by atoms with Crippen LogP contribution < -0.4 is 4.74 Å². The largest absolute Gasteiger partial charge is 0.503 e. The molecule has 3 aromatic rings. The Kier molecular flexibility index (Phi) is 5.38. The van der Waals surface area contributed by atoms with Crippen LogP contribution in [-0.4, -0.2) is 33.3 Å². The fourth-order valence-corrected chi connectivity index (χ4v) is 2.65. The van der Waals surface area contributed by atoms with Crippen molar-refractivity contribution in [3.8, 4) is 22.9 Å². The number of aromatic carboxylic acids is 1. The SMILES string of the molecule is COc1cc(C=Cc2nc(-c3ccccc3)ncc2C(=O)O)cc(Cl)c1O. The fraction of sp³-hybridized carbons (Fsp3) is 0.0500. The molecule has 0 amide bonds. The Hall–Kier alpha value is -3.38. The van der Waals surface area contributed by atoms with E-state index in [2.05, 4.69) is 9.97 Å². The lowest BCUT2D eigenvalue weighted by molar-refractivity contribution is 0.0695. The molecule has 0 bridgehead atoms. The molecular formula is C20H15ClN2O4. The summed E-state index contributed by atoms with van der Waals surface area (Å²) >= 11 is 5.98. The van der Waals surface area contributed by atoms with Gasteiger partial charge in [-0.05, 0) is 23.8 Å². The van der Waals surface area contributed by atoms with E-state index in [9.17, 15) is 15.0 Å². The number of carboxylic acid groups (broad SMARTS) is 1. The molecule has 0 atom stereocenters. The maximum absolute atomic E-state index is 11.5. The highest BCUT2D eigenvalue weighted by Gasteiger charge is 2.13. The van der Waals surface area contributed by atoms with Crippen molar-refractivity contribution in [2.45, 2.75) is 0 Å². The van der Waals surface area contributed by atoms with Crippen LogP contribution in [0.15, 0.2) is 48.7 Å². The summed E-state index contributed by atoms with van der Waals surface area (Å²) in [5, 5.41) is 19.3. The van der Waals surface area contributed by atoms with E-state index in [4.69, 9.17) is 16.3 Å². The molecule has 0 saturated carbocycles. The number of nitrogens with zero attached hydrogens (tertiary/aromatic N) is 2. The van der Waals surface area contributed by atoms with Crippen molar-refractivity contribution in [3.05, 3.63) is 70.5 Å². The van der Waals surface area contributed by atoms with Crippen molar-refractivity contribution < 1.29 is 19.7 Å². The number of hydrogen-bond acceptors (Lipinski definition) is 5. The quantitative estimate of drug-likeness (QED) is 0.680. The van der Waals surface area contributed by atoms with Crippen molar-refractivity contribution >= 4 is 29.7 Å². The monoisotopic (exact) mass is 382 g/mol. The van der Waals surface area contributed by atoms with E-state index in [0.29, 0.717) is 11.4 Å². The van der Waals surface area contributed by atoms with Crippen LogP contribution in [0.25, 0.3) is 23.5 Å². The standard InChI is InChI=1S/C20H15ClN2O4/c1-27-17-10-12(9-15(21)18(17)24)7-8-16-14(20(25)26)11-22-19(23-16)13-5-3-2-4-6-13/h2-11,24H,1H3,(H,25,26). The van der Waals surface area contributed by atoms with E-state index in [1.807, 2.05) is 30.3 Å². The maximum atomic E-state index is 11.5. The van der Waals surface area contributed by atoms with Gasteiger partial charge in [0.05, 0.1) is 17.8 Å². The van der Waals surface area contributed by atoms with Crippen LogP contribution in [0.1, 0.15) is 21.6 Å². The van der Waals surface area contributed by atoms with E-state index in [1.54, 1.807) is 18.2 Å². The number of halogens is 1. The highest BCUT2D eigenvalue weighted by molar-refractivity contribution is 6.32. The molecule has 3 rings (SSSR count). The molecule has 6 nitrogen and oxygen atoms in total. The lowest BCUT2D eigenvalue weighted by Gasteiger charge is -2.07. The van der Waals surface area contributed by atoms with Gasteiger partial charge in [0.25, 0.3) is 0 Å². The average molecular weight is 383 g/mol. The van der Waals surface area contributed by atoms with Gasteiger partial charge in [0.15, 0.2) is 17.3 Å². The van der Waals surface area contributed by atoms with Crippen molar-refractivity contribution in [1.29, 1.82) is 0 Å². The third kappa shape index (κ3) is 4.07. The first kappa shape index (κ1) is 18.4. The number of hydrogen-bond donors (Lipinski definition) is 2. The average Bonchev–Trinajstić information content (AvgIpc) is 2.69. The zero-order valence-corrected chi connectivity index (χ0v) is 15.0. The lowest BCUT2D eigenvalue weighted by atomic mass is 10.1. The Labute approximate surface area is 160 Å². The van der Waals surface area contributed by atoms with Gasteiger partial charge in [-0.2, -0.15) is 0 Å². The van der Waals surface area contributed by atoms with Gasteiger partial charge in [0.1, 0.15) is 5.56 Å². The first-order chi connectivity index (χ1) is 13.0. The molecule has 2 aromatic carbocycles. The summed E-state index contributed by atoms with van der Waals surface area (Å²) < 4.78 is 5.07. The topological polar surface area (TPSA) is 92.5 Å². The van der Waals surface area contributed by atoms with Gasteiger partial charge in [0.2, 0.25) is 0 Å². The number of phenolic OH excluding ortho intramolecular Hbond substituents is 1. The predicted octanol–water partition coefficient (Wildman–Crippen LogP) is 4.38. The van der Waals surface area contributed by atoms with Gasteiger partial charge >= 0.3 is 5.97 Å². The van der Waals surface area contributed by atoms with Gasteiger partial charge in [-0.1, -0.05) is 48.0 Å². The molecule has 0 aliphatic heterocycles. The van der Waals surface area contributed by atoms with Crippen LogP contribution >= 0.6 is 11.6 Å². The number of carboxylic acids is 1. The third-order valence-electron chi connectivity index (χ3n) is 3.78. The number of methoxy groups -OCH3 is 1. The Morgan fingerprint density at radius 2 is 1.93 bits per heavy atom. The van der Waals surface area contributed by atoms with Gasteiger partial charge in [-0.3, -0.25) is 0 Å². The lowest BCUT2D eigenvalue weighted by Crippen LogP contribution is -2.04. The highest BCUT2D eigenvalue weighted by atomic mass is 35.5. The molecule has 0 fully saturated rings. The Morgan fingerprint density at radius 1 is 1.19 bits per heavy atom. The molecule has 0 unspecified atom stereocenters. The Morgan fingerprint density at radius 3 is 2.59 bits per heavy atom. The van der Waals surface area contributed by atoms with Crippen molar-refractivity contribution in [1.82, 2.24) is 9.97 Å². The molecule has 136 valence electrons. The minimum Gasteiger partial charge on any atom is -0.503 e. The van der Waals surface area contributed by atoms with Crippen LogP contribution in [0.5, 0.6) is 11.5 Å². The molecule has 1 heterocycles. The second-order valence-electron chi connectivity index (χ2n) is 5.55. The molecular weight excluding hydrogens is 368 g/mol. The fourth-order valence-electron chi connectivity index (χ4n) is 2.43. The van der Waals surface area contributed by atoms with Gasteiger partial charge in [-0.15, -0.1) is 0 Å². The molecule has 0 radical (unpaired) electrons. The second-order valence-corrected chi connectivity index (χ2v) is 5.96. The molecule has 0 aliphatic carbocycles. The molecule has 7 heteroatoms. The molecule has 0 spiro atoms. The van der Waals surface area contributed by atoms with E-state index in [0.717, 1.165) is 5.56 Å². The number of aromatic hydroxyl groups is 1. The number of ether oxygens (including phenoxy) is 1. The Balaban J connectivity index is 2.03.